The Kier molecular flexibility index (Phi) is 19.7. The van der Waals surface area contributed by atoms with Crippen molar-refractivity contribution in [3.05, 3.63) is 23.8 Å². The van der Waals surface area contributed by atoms with Gasteiger partial charge >= 0.3 is 0 Å². The van der Waals surface area contributed by atoms with Gasteiger partial charge in [-0.2, -0.15) is 0 Å². The monoisotopic (exact) mass is 812 g/mol. The summed E-state index contributed by atoms with van der Waals surface area (Å²) < 4.78 is 33.2. The number of aliphatic hydroxyl groups excluding tert-OH is 1. The van der Waals surface area contributed by atoms with Crippen LogP contribution in [0.5, 0.6) is 0 Å². The summed E-state index contributed by atoms with van der Waals surface area (Å²) in [5.41, 5.74) is -1.70. The maximum atomic E-state index is 13.7. The normalized spacial score (nSPS) is 30.7. The van der Waals surface area contributed by atoms with Crippen molar-refractivity contribution in [1.82, 2.24) is 10.6 Å². The van der Waals surface area contributed by atoms with Crippen molar-refractivity contribution in [2.45, 2.75) is 90.3 Å². The first-order valence-corrected chi connectivity index (χ1v) is 21.4. The maximum Gasteiger partial charge on any atom is 0.252 e. The fraction of sp³-hybridized carbons (Fsp3) is 0.833. The van der Waals surface area contributed by atoms with Crippen LogP contribution in [0, 0.1) is 34.5 Å². The molecule has 0 aliphatic heterocycles. The molecule has 8 atom stereocenters. The number of hydrogen-bond donors (Lipinski definition) is 4. The van der Waals surface area contributed by atoms with E-state index in [4.69, 9.17) is 40.0 Å². The molecule has 2 unspecified atom stereocenters. The number of alkyl halides is 1. The van der Waals surface area contributed by atoms with Gasteiger partial charge in [-0.25, -0.2) is 0 Å². The Hall–Kier alpha value is -1.94. The number of rotatable bonds is 28. The van der Waals surface area contributed by atoms with Gasteiger partial charge in [0, 0.05) is 48.7 Å². The zero-order valence-electron chi connectivity index (χ0n) is 34.0. The smallest absolute Gasteiger partial charge is 0.252 e. The molecule has 0 aromatic carbocycles. The van der Waals surface area contributed by atoms with Crippen molar-refractivity contribution in [3.8, 4) is 0 Å². The van der Waals surface area contributed by atoms with Crippen LogP contribution in [0.2, 0.25) is 0 Å². The van der Waals surface area contributed by atoms with Gasteiger partial charge in [-0.15, -0.1) is 11.6 Å². The Morgan fingerprint density at radius 1 is 0.821 bits per heavy atom. The fourth-order valence-electron chi connectivity index (χ4n) is 9.77. The van der Waals surface area contributed by atoms with Gasteiger partial charge in [-0.05, 0) is 68.4 Å². The molecule has 3 saturated carbocycles. The van der Waals surface area contributed by atoms with Gasteiger partial charge < -0.3 is 49.3 Å². The van der Waals surface area contributed by atoms with Gasteiger partial charge in [0.2, 0.25) is 5.91 Å². The van der Waals surface area contributed by atoms with Crippen molar-refractivity contribution in [1.29, 1.82) is 0 Å². The topological polar surface area (TPSA) is 171 Å². The van der Waals surface area contributed by atoms with E-state index in [0.717, 1.165) is 50.7 Å². The summed E-state index contributed by atoms with van der Waals surface area (Å²) in [5, 5.41) is 29.5. The number of carbonyl (C=O) groups is 3. The molecule has 4 aliphatic carbocycles. The molecule has 0 bridgehead atoms. The van der Waals surface area contributed by atoms with E-state index in [1.165, 1.54) is 0 Å². The first kappa shape index (κ1) is 46.7. The molecule has 320 valence electrons. The van der Waals surface area contributed by atoms with Crippen LogP contribution in [-0.2, 0) is 42.8 Å². The number of allylic oxidation sites excluding steroid dienone is 4. The number of unbranched alkanes of at least 4 members (excludes halogenated alkanes) is 3. The minimum absolute atomic E-state index is 0.000492. The van der Waals surface area contributed by atoms with E-state index in [0.29, 0.717) is 91.3 Å². The number of aliphatic hydroxyl groups is 2. The minimum Gasteiger partial charge on any atom is -0.393 e. The van der Waals surface area contributed by atoms with Crippen molar-refractivity contribution in [3.63, 3.8) is 0 Å². The third-order valence-electron chi connectivity index (χ3n) is 12.7. The number of ether oxygens (including phenoxy) is 6. The summed E-state index contributed by atoms with van der Waals surface area (Å²) in [6.07, 6.45) is 11.9. The Morgan fingerprint density at radius 3 is 2.04 bits per heavy atom. The van der Waals surface area contributed by atoms with Crippen molar-refractivity contribution in [2.75, 3.05) is 98.3 Å². The maximum absolute atomic E-state index is 13.7. The Labute approximate surface area is 338 Å². The van der Waals surface area contributed by atoms with Gasteiger partial charge in [0.1, 0.15) is 0 Å². The van der Waals surface area contributed by atoms with Crippen LogP contribution in [0.4, 0.5) is 0 Å². The molecule has 0 aromatic heterocycles. The summed E-state index contributed by atoms with van der Waals surface area (Å²) >= 11 is 5.66. The number of amides is 2. The van der Waals surface area contributed by atoms with Crippen molar-refractivity contribution >= 4 is 29.2 Å². The lowest BCUT2D eigenvalue weighted by Crippen LogP contribution is -2.64. The van der Waals surface area contributed by atoms with Crippen LogP contribution in [0.15, 0.2) is 23.8 Å². The Morgan fingerprint density at radius 2 is 1.39 bits per heavy atom. The summed E-state index contributed by atoms with van der Waals surface area (Å²) in [6, 6.07) is 0. The average Bonchev–Trinajstić information content (AvgIpc) is 3.38. The Balaban J connectivity index is 0.965. The molecule has 0 spiro atoms. The fourth-order valence-corrected chi connectivity index (χ4v) is 9.96. The zero-order chi connectivity index (χ0) is 40.4. The van der Waals surface area contributed by atoms with E-state index < -0.39 is 28.4 Å². The second-order valence-corrected chi connectivity index (χ2v) is 16.6. The standard InChI is InChI=1S/C42H69ClN2O11/c1-31-28-35-34-9-8-32-29-33(46)10-12-40(32,2)38(34)36(47)30-41(35,3)42(31,50)39(49)45-15-19-54-23-25-56-27-26-55-24-21-52-17-11-37(48)44-14-18-53-22-20-51-16-7-5-4-6-13-43/h10,12,29,31,34-36,38,47,50H,4-9,11,13-28,30H2,1-3H3,(H,44,48)(H,45,49)/t31-,34+,35?,36+,38?,40+,41+,42+/m1/s1. The quantitative estimate of drug-likeness (QED) is 0.0670. The van der Waals surface area contributed by atoms with Crippen LogP contribution in [0.3, 0.4) is 0 Å². The molecular formula is C42H69ClN2O11. The van der Waals surface area contributed by atoms with E-state index in [-0.39, 0.29) is 54.9 Å². The van der Waals surface area contributed by atoms with E-state index in [2.05, 4.69) is 17.6 Å². The van der Waals surface area contributed by atoms with E-state index in [1.54, 1.807) is 12.2 Å². The van der Waals surface area contributed by atoms with Gasteiger partial charge in [0.15, 0.2) is 11.4 Å². The summed E-state index contributed by atoms with van der Waals surface area (Å²) in [6.45, 7) is 11.9. The van der Waals surface area contributed by atoms with E-state index in [1.807, 2.05) is 19.9 Å². The van der Waals surface area contributed by atoms with Gasteiger partial charge in [0.05, 0.1) is 78.8 Å². The van der Waals surface area contributed by atoms with Crippen LogP contribution < -0.4 is 10.6 Å². The van der Waals surface area contributed by atoms with E-state index in [9.17, 15) is 24.6 Å². The number of ketones is 1. The highest BCUT2D eigenvalue weighted by atomic mass is 35.5. The first-order chi connectivity index (χ1) is 27.0. The second kappa shape index (κ2) is 23.6. The number of hydrogen-bond acceptors (Lipinski definition) is 11. The van der Waals surface area contributed by atoms with Crippen LogP contribution >= 0.6 is 11.6 Å². The summed E-state index contributed by atoms with van der Waals surface area (Å²) in [7, 11) is 0. The molecule has 0 saturated heterocycles. The van der Waals surface area contributed by atoms with Gasteiger partial charge in [0.25, 0.3) is 5.91 Å². The summed E-state index contributed by atoms with van der Waals surface area (Å²) in [4.78, 5) is 37.7. The highest BCUT2D eigenvalue weighted by molar-refractivity contribution is 6.17. The minimum atomic E-state index is -1.61. The molecule has 0 heterocycles. The first-order valence-electron chi connectivity index (χ1n) is 20.9. The number of carbonyl (C=O) groups excluding carboxylic acids is 3. The molecule has 13 nitrogen and oxygen atoms in total. The predicted molar refractivity (Wildman–Crippen MR) is 212 cm³/mol. The zero-order valence-corrected chi connectivity index (χ0v) is 34.8. The van der Waals surface area contributed by atoms with Crippen LogP contribution in [0.1, 0.15) is 78.6 Å². The van der Waals surface area contributed by atoms with Crippen molar-refractivity contribution < 1.29 is 53.0 Å². The average molecular weight is 813 g/mol. The summed E-state index contributed by atoms with van der Waals surface area (Å²) in [5.74, 6) is 0.106. The highest BCUT2D eigenvalue weighted by Gasteiger charge is 2.70. The predicted octanol–water partition coefficient (Wildman–Crippen LogP) is 3.76. The van der Waals surface area contributed by atoms with Gasteiger partial charge in [-0.1, -0.05) is 45.3 Å². The lowest BCUT2D eigenvalue weighted by Gasteiger charge is -2.59. The molecule has 3 fully saturated rings. The van der Waals surface area contributed by atoms with Crippen molar-refractivity contribution in [2.24, 2.45) is 34.5 Å². The SMILES string of the molecule is C[C@@H]1CC2[C@@H]3CCC4=CC(=O)C=C[C@]4(C)C3[C@@H](O)C[C@]2(C)[C@@]1(O)C(=O)NCCOCCOCCOCCOCCC(=O)NCCOCCOCCCCCCCl. The lowest BCUT2D eigenvalue weighted by molar-refractivity contribution is -0.183. The number of nitrogens with one attached hydrogen (secondary N) is 2. The van der Waals surface area contributed by atoms with Gasteiger partial charge in [-0.3, -0.25) is 14.4 Å². The highest BCUT2D eigenvalue weighted by Crippen LogP contribution is 2.68. The second-order valence-electron chi connectivity index (χ2n) is 16.2. The van der Waals surface area contributed by atoms with Crippen LogP contribution in [-0.4, -0.2) is 138 Å². The third-order valence-corrected chi connectivity index (χ3v) is 12.9. The number of fused-ring (bicyclic) bond motifs is 5. The largest absolute Gasteiger partial charge is 0.393 e. The Bertz CT molecular complexity index is 1300. The number of halogens is 1. The molecule has 4 N–H and O–H groups in total. The molecule has 2 amide bonds. The lowest BCUT2D eigenvalue weighted by atomic mass is 9.46. The molecule has 0 radical (unpaired) electrons. The van der Waals surface area contributed by atoms with E-state index >= 15 is 0 Å². The third kappa shape index (κ3) is 12.3. The molecular weight excluding hydrogens is 744 g/mol. The molecule has 4 rings (SSSR count). The molecule has 14 heteroatoms. The van der Waals surface area contributed by atoms with Crippen LogP contribution in [0.25, 0.3) is 0 Å². The molecule has 56 heavy (non-hydrogen) atoms. The molecule has 4 aliphatic rings. The molecule has 0 aromatic rings.